The summed E-state index contributed by atoms with van der Waals surface area (Å²) in [6, 6.07) is 10.7. The quantitative estimate of drug-likeness (QED) is 0.624. The molecule has 3 N–H and O–H groups in total. The Hall–Kier alpha value is -2.28. The lowest BCUT2D eigenvalue weighted by Crippen LogP contribution is -2.34. The molecular formula is C16H20N4O2S. The van der Waals surface area contributed by atoms with Crippen molar-refractivity contribution >= 4 is 23.5 Å². The number of nitrogen functional groups attached to an aromatic ring is 1. The molecule has 0 radical (unpaired) electrons. The van der Waals surface area contributed by atoms with Gasteiger partial charge in [-0.05, 0) is 19.4 Å². The molecule has 1 unspecified atom stereocenters. The highest BCUT2D eigenvalue weighted by atomic mass is 32.2. The number of rotatable bonds is 6. The monoisotopic (exact) mass is 332 g/mol. The molecule has 1 atom stereocenters. The molecule has 1 amide bonds. The van der Waals surface area contributed by atoms with Crippen molar-refractivity contribution in [2.75, 3.05) is 18.8 Å². The number of aromatic nitrogens is 2. The van der Waals surface area contributed by atoms with Crippen LogP contribution in [0.5, 0.6) is 0 Å². The summed E-state index contributed by atoms with van der Waals surface area (Å²) in [6.07, 6.45) is 0. The molecule has 0 bridgehead atoms. The number of nitrogens with one attached hydrogen (secondary N) is 1. The van der Waals surface area contributed by atoms with E-state index in [0.29, 0.717) is 18.2 Å². The standard InChI is InChI=1S/C16H20N4O2S/c1-3-20(4-2)15(22)14(11-8-6-5-7-9-11)23-16-18-12(17)10-13(21)19-16/h5-10,14H,3-4H2,1-2H3,(H3,17,18,19,21). The van der Waals surface area contributed by atoms with E-state index >= 15 is 0 Å². The second kappa shape index (κ2) is 7.82. The Morgan fingerprint density at radius 2 is 1.96 bits per heavy atom. The maximum Gasteiger partial charge on any atom is 0.253 e. The van der Waals surface area contributed by atoms with E-state index in [-0.39, 0.29) is 17.3 Å². The van der Waals surface area contributed by atoms with Gasteiger partial charge in [0.25, 0.3) is 5.56 Å². The van der Waals surface area contributed by atoms with Gasteiger partial charge in [0.15, 0.2) is 5.16 Å². The number of thioether (sulfide) groups is 1. The maximum atomic E-state index is 12.8. The molecule has 6 nitrogen and oxygen atoms in total. The van der Waals surface area contributed by atoms with Crippen LogP contribution >= 0.6 is 11.8 Å². The molecule has 2 rings (SSSR count). The number of likely N-dealkylation sites (N-methyl/N-ethyl adjacent to an activating group) is 1. The average Bonchev–Trinajstić information content (AvgIpc) is 2.53. The normalized spacial score (nSPS) is 11.9. The van der Waals surface area contributed by atoms with Crippen molar-refractivity contribution in [3.63, 3.8) is 0 Å². The zero-order chi connectivity index (χ0) is 16.8. The molecular weight excluding hydrogens is 312 g/mol. The molecule has 23 heavy (non-hydrogen) atoms. The van der Waals surface area contributed by atoms with Crippen LogP contribution in [0.1, 0.15) is 24.7 Å². The Morgan fingerprint density at radius 1 is 1.30 bits per heavy atom. The van der Waals surface area contributed by atoms with Gasteiger partial charge in [0.05, 0.1) is 0 Å². The molecule has 0 spiro atoms. The number of anilines is 1. The highest BCUT2D eigenvalue weighted by Crippen LogP contribution is 2.34. The smallest absolute Gasteiger partial charge is 0.253 e. The van der Waals surface area contributed by atoms with Gasteiger partial charge in [0, 0.05) is 19.2 Å². The number of benzene rings is 1. The first-order valence-corrected chi connectivity index (χ1v) is 8.30. The Kier molecular flexibility index (Phi) is 5.81. The summed E-state index contributed by atoms with van der Waals surface area (Å²) in [7, 11) is 0. The molecule has 0 saturated carbocycles. The number of nitrogens with two attached hydrogens (primary N) is 1. The van der Waals surface area contributed by atoms with Gasteiger partial charge >= 0.3 is 0 Å². The van der Waals surface area contributed by atoms with Crippen molar-refractivity contribution in [2.45, 2.75) is 24.3 Å². The van der Waals surface area contributed by atoms with Gasteiger partial charge in [0.1, 0.15) is 11.1 Å². The number of hydrogen-bond donors (Lipinski definition) is 2. The molecule has 0 fully saturated rings. The van der Waals surface area contributed by atoms with Crippen LogP contribution in [-0.4, -0.2) is 33.9 Å². The molecule has 1 aromatic heterocycles. The number of H-pyrrole nitrogens is 1. The van der Waals surface area contributed by atoms with E-state index < -0.39 is 5.25 Å². The lowest BCUT2D eigenvalue weighted by atomic mass is 10.1. The fraction of sp³-hybridized carbons (Fsp3) is 0.312. The third kappa shape index (κ3) is 4.35. The van der Waals surface area contributed by atoms with Crippen LogP contribution in [-0.2, 0) is 4.79 Å². The number of amides is 1. The van der Waals surface area contributed by atoms with Gasteiger partial charge in [-0.25, -0.2) is 4.98 Å². The topological polar surface area (TPSA) is 92.1 Å². The molecule has 2 aromatic rings. The summed E-state index contributed by atoms with van der Waals surface area (Å²) in [5.41, 5.74) is 6.15. The molecule has 122 valence electrons. The van der Waals surface area contributed by atoms with Crippen LogP contribution in [0.2, 0.25) is 0 Å². The molecule has 1 heterocycles. The molecule has 0 aliphatic heterocycles. The van der Waals surface area contributed by atoms with E-state index in [1.54, 1.807) is 4.90 Å². The van der Waals surface area contributed by atoms with Crippen molar-refractivity contribution < 1.29 is 4.79 Å². The van der Waals surface area contributed by atoms with Crippen LogP contribution in [0.25, 0.3) is 0 Å². The second-order valence-corrected chi connectivity index (χ2v) is 5.99. The number of hydrogen-bond acceptors (Lipinski definition) is 5. The predicted molar refractivity (Wildman–Crippen MR) is 92.2 cm³/mol. The minimum Gasteiger partial charge on any atom is -0.383 e. The van der Waals surface area contributed by atoms with E-state index in [2.05, 4.69) is 9.97 Å². The number of aromatic amines is 1. The minimum absolute atomic E-state index is 0.0173. The SMILES string of the molecule is CCN(CC)C(=O)C(Sc1nc(N)cc(=O)[nH]1)c1ccccc1. The Balaban J connectivity index is 2.37. The fourth-order valence-electron chi connectivity index (χ4n) is 2.21. The van der Waals surface area contributed by atoms with Crippen LogP contribution in [0.15, 0.2) is 46.3 Å². The number of carbonyl (C=O) groups is 1. The van der Waals surface area contributed by atoms with Gasteiger partial charge in [0.2, 0.25) is 5.91 Å². The number of carbonyl (C=O) groups excluding carboxylic acids is 1. The largest absolute Gasteiger partial charge is 0.383 e. The van der Waals surface area contributed by atoms with Crippen molar-refractivity contribution in [1.82, 2.24) is 14.9 Å². The summed E-state index contributed by atoms with van der Waals surface area (Å²) in [6.45, 7) is 5.13. The average molecular weight is 332 g/mol. The highest BCUT2D eigenvalue weighted by Gasteiger charge is 2.26. The summed E-state index contributed by atoms with van der Waals surface area (Å²) >= 11 is 1.20. The van der Waals surface area contributed by atoms with Crippen LogP contribution in [0.4, 0.5) is 5.82 Å². The van der Waals surface area contributed by atoms with Crippen molar-refractivity contribution in [3.05, 3.63) is 52.3 Å². The van der Waals surface area contributed by atoms with Gasteiger partial charge in [-0.1, -0.05) is 42.1 Å². The first-order valence-electron chi connectivity index (χ1n) is 7.42. The first-order chi connectivity index (χ1) is 11.0. The van der Waals surface area contributed by atoms with E-state index in [9.17, 15) is 9.59 Å². The van der Waals surface area contributed by atoms with Crippen LogP contribution < -0.4 is 11.3 Å². The fourth-order valence-corrected chi connectivity index (χ4v) is 3.29. The minimum atomic E-state index is -0.485. The molecule has 1 aromatic carbocycles. The van der Waals surface area contributed by atoms with Crippen molar-refractivity contribution in [1.29, 1.82) is 0 Å². The van der Waals surface area contributed by atoms with E-state index in [1.807, 2.05) is 44.2 Å². The van der Waals surface area contributed by atoms with E-state index in [4.69, 9.17) is 5.73 Å². The zero-order valence-corrected chi connectivity index (χ0v) is 14.0. The third-order valence-corrected chi connectivity index (χ3v) is 4.50. The third-order valence-electron chi connectivity index (χ3n) is 3.37. The summed E-state index contributed by atoms with van der Waals surface area (Å²) in [5.74, 6) is 0.120. The Labute approximate surface area is 139 Å². The summed E-state index contributed by atoms with van der Waals surface area (Å²) in [4.78, 5) is 32.9. The Morgan fingerprint density at radius 3 is 2.52 bits per heavy atom. The van der Waals surface area contributed by atoms with Crippen LogP contribution in [0, 0.1) is 0 Å². The number of nitrogens with zero attached hydrogens (tertiary/aromatic N) is 2. The summed E-state index contributed by atoms with van der Waals surface area (Å²) in [5, 5.41) is -0.148. The Bertz CT molecular complexity index is 714. The maximum absolute atomic E-state index is 12.8. The molecule has 0 saturated heterocycles. The molecule has 7 heteroatoms. The van der Waals surface area contributed by atoms with Crippen molar-refractivity contribution in [3.8, 4) is 0 Å². The molecule has 0 aliphatic rings. The van der Waals surface area contributed by atoms with Gasteiger partial charge in [-0.15, -0.1) is 0 Å². The van der Waals surface area contributed by atoms with Gasteiger partial charge in [-0.2, -0.15) is 0 Å². The van der Waals surface area contributed by atoms with Crippen LogP contribution in [0.3, 0.4) is 0 Å². The highest BCUT2D eigenvalue weighted by molar-refractivity contribution is 8.00. The van der Waals surface area contributed by atoms with Crippen molar-refractivity contribution in [2.24, 2.45) is 0 Å². The zero-order valence-electron chi connectivity index (χ0n) is 13.2. The lowest BCUT2D eigenvalue weighted by molar-refractivity contribution is -0.130. The van der Waals surface area contributed by atoms with E-state index in [0.717, 1.165) is 5.56 Å². The van der Waals surface area contributed by atoms with Gasteiger partial charge in [-0.3, -0.25) is 9.59 Å². The summed E-state index contributed by atoms with van der Waals surface area (Å²) < 4.78 is 0. The molecule has 0 aliphatic carbocycles. The lowest BCUT2D eigenvalue weighted by Gasteiger charge is -2.24. The van der Waals surface area contributed by atoms with Gasteiger partial charge < -0.3 is 15.6 Å². The first kappa shape index (κ1) is 17.1. The van der Waals surface area contributed by atoms with E-state index in [1.165, 1.54) is 17.8 Å². The predicted octanol–water partition coefficient (Wildman–Crippen LogP) is 2.05. The second-order valence-electron chi connectivity index (χ2n) is 4.89.